The molecule has 0 bridgehead atoms. The van der Waals surface area contributed by atoms with Gasteiger partial charge in [-0.05, 0) is 44.0 Å². The van der Waals surface area contributed by atoms with Crippen LogP contribution >= 0.6 is 0 Å². The minimum Gasteiger partial charge on any atom is -0.306 e. The second-order valence-electron chi connectivity index (χ2n) is 7.87. The normalized spacial score (nSPS) is 24.3. The van der Waals surface area contributed by atoms with Crippen LogP contribution in [-0.2, 0) is 21.1 Å². The van der Waals surface area contributed by atoms with Crippen LogP contribution in [0.5, 0.6) is 0 Å². The van der Waals surface area contributed by atoms with Crippen molar-refractivity contribution >= 4 is 21.4 Å². The summed E-state index contributed by atoms with van der Waals surface area (Å²) >= 11 is 0. The molecule has 0 unspecified atom stereocenters. The van der Waals surface area contributed by atoms with Crippen LogP contribution in [0.1, 0.15) is 17.5 Å². The van der Waals surface area contributed by atoms with Crippen molar-refractivity contribution in [2.75, 3.05) is 29.5 Å². The fourth-order valence-electron chi connectivity index (χ4n) is 4.37. The van der Waals surface area contributed by atoms with Gasteiger partial charge < -0.3 is 4.90 Å². The van der Waals surface area contributed by atoms with Crippen molar-refractivity contribution in [3.8, 4) is 0 Å². The molecule has 5 nitrogen and oxygen atoms in total. The predicted octanol–water partition coefficient (Wildman–Crippen LogP) is 2.44. The second-order valence-corrected chi connectivity index (χ2v) is 10.0. The Morgan fingerprint density at radius 1 is 0.964 bits per heavy atom. The molecule has 2 aromatic rings. The third-order valence-electron chi connectivity index (χ3n) is 5.77. The summed E-state index contributed by atoms with van der Waals surface area (Å²) in [5, 5.41) is 0. The molecule has 2 fully saturated rings. The van der Waals surface area contributed by atoms with Crippen molar-refractivity contribution < 1.29 is 13.2 Å². The van der Waals surface area contributed by atoms with E-state index in [-0.39, 0.29) is 36.0 Å². The summed E-state index contributed by atoms with van der Waals surface area (Å²) in [6.45, 7) is 3.01. The molecule has 28 heavy (non-hydrogen) atoms. The predicted molar refractivity (Wildman–Crippen MR) is 111 cm³/mol. The van der Waals surface area contributed by atoms with Gasteiger partial charge >= 0.3 is 0 Å². The average molecular weight is 399 g/mol. The average Bonchev–Trinajstić information content (AvgIpc) is 2.99. The lowest BCUT2D eigenvalue weighted by Gasteiger charge is -2.43. The summed E-state index contributed by atoms with van der Waals surface area (Å²) in [5.41, 5.74) is 3.18. The lowest BCUT2D eigenvalue weighted by Crippen LogP contribution is -2.62. The van der Waals surface area contributed by atoms with E-state index in [1.165, 1.54) is 5.56 Å². The first-order valence-electron chi connectivity index (χ1n) is 9.80. The zero-order valence-corrected chi connectivity index (χ0v) is 16.9. The summed E-state index contributed by atoms with van der Waals surface area (Å²) in [6, 6.07) is 17.6. The molecule has 2 aromatic carbocycles. The molecule has 4 rings (SSSR count). The number of hydrogen-bond donors (Lipinski definition) is 0. The van der Waals surface area contributed by atoms with Gasteiger partial charge in [-0.1, -0.05) is 48.0 Å². The number of nitrogens with zero attached hydrogens (tertiary/aromatic N) is 2. The summed E-state index contributed by atoms with van der Waals surface area (Å²) in [6.07, 6.45) is 1.84. The third-order valence-corrected chi connectivity index (χ3v) is 7.47. The Morgan fingerprint density at radius 3 is 2.36 bits per heavy atom. The molecule has 1 amide bonds. The van der Waals surface area contributed by atoms with E-state index >= 15 is 0 Å². The molecule has 2 atom stereocenters. The van der Waals surface area contributed by atoms with Gasteiger partial charge in [-0.2, -0.15) is 0 Å². The van der Waals surface area contributed by atoms with Crippen LogP contribution in [0.25, 0.3) is 0 Å². The maximum Gasteiger partial charge on any atom is 0.241 e. The SMILES string of the molecule is Cc1ccc(N2C(=O)CN(CCCc3ccccc3)[C@H]3CS(=O)(=O)C[C@H]32)cc1. The molecule has 6 heteroatoms. The van der Waals surface area contributed by atoms with E-state index < -0.39 is 9.84 Å². The Labute approximate surface area is 166 Å². The van der Waals surface area contributed by atoms with E-state index in [0.717, 1.165) is 30.6 Å². The monoisotopic (exact) mass is 398 g/mol. The van der Waals surface area contributed by atoms with Crippen LogP contribution in [0, 0.1) is 6.92 Å². The topological polar surface area (TPSA) is 57.7 Å². The van der Waals surface area contributed by atoms with Crippen LogP contribution in [0.2, 0.25) is 0 Å². The molecule has 0 spiro atoms. The number of hydrogen-bond acceptors (Lipinski definition) is 4. The maximum atomic E-state index is 13.0. The fraction of sp³-hybridized carbons (Fsp3) is 0.409. The first-order chi connectivity index (χ1) is 13.4. The van der Waals surface area contributed by atoms with Gasteiger partial charge in [-0.25, -0.2) is 8.42 Å². The summed E-state index contributed by atoms with van der Waals surface area (Å²) in [4.78, 5) is 16.8. The third kappa shape index (κ3) is 3.98. The number of carbonyl (C=O) groups excluding carboxylic acids is 1. The number of piperazine rings is 1. The van der Waals surface area contributed by atoms with E-state index in [0.29, 0.717) is 0 Å². The van der Waals surface area contributed by atoms with Gasteiger partial charge in [-0.15, -0.1) is 0 Å². The van der Waals surface area contributed by atoms with Gasteiger partial charge in [0.05, 0.1) is 24.1 Å². The van der Waals surface area contributed by atoms with Crippen molar-refractivity contribution in [1.82, 2.24) is 4.90 Å². The molecule has 0 N–H and O–H groups in total. The van der Waals surface area contributed by atoms with Crippen LogP contribution in [0.4, 0.5) is 5.69 Å². The molecule has 0 saturated carbocycles. The van der Waals surface area contributed by atoms with E-state index in [1.807, 2.05) is 49.4 Å². The van der Waals surface area contributed by atoms with Crippen molar-refractivity contribution in [3.05, 3.63) is 65.7 Å². The lowest BCUT2D eigenvalue weighted by atomic mass is 10.0. The minimum absolute atomic E-state index is 0.0121. The highest BCUT2D eigenvalue weighted by Crippen LogP contribution is 2.32. The van der Waals surface area contributed by atoms with E-state index in [1.54, 1.807) is 4.90 Å². The lowest BCUT2D eigenvalue weighted by molar-refractivity contribution is -0.123. The number of anilines is 1. The highest BCUT2D eigenvalue weighted by molar-refractivity contribution is 7.91. The van der Waals surface area contributed by atoms with Crippen LogP contribution in [0.3, 0.4) is 0 Å². The molecular weight excluding hydrogens is 372 g/mol. The number of benzene rings is 2. The van der Waals surface area contributed by atoms with Crippen molar-refractivity contribution in [1.29, 1.82) is 0 Å². The first-order valence-corrected chi connectivity index (χ1v) is 11.6. The summed E-state index contributed by atoms with van der Waals surface area (Å²) < 4.78 is 24.8. The Kier molecular flexibility index (Phi) is 5.25. The number of aryl methyl sites for hydroxylation is 2. The molecule has 148 valence electrons. The molecule has 0 aromatic heterocycles. The van der Waals surface area contributed by atoms with E-state index in [2.05, 4.69) is 17.0 Å². The van der Waals surface area contributed by atoms with E-state index in [4.69, 9.17) is 0 Å². The Hall–Kier alpha value is -2.18. The summed E-state index contributed by atoms with van der Waals surface area (Å²) in [7, 11) is -3.15. The van der Waals surface area contributed by atoms with Gasteiger partial charge in [0.2, 0.25) is 5.91 Å². The zero-order chi connectivity index (χ0) is 19.7. The second kappa shape index (κ2) is 7.68. The van der Waals surface area contributed by atoms with E-state index in [9.17, 15) is 13.2 Å². The highest BCUT2D eigenvalue weighted by atomic mass is 32.2. The Morgan fingerprint density at radius 2 is 1.64 bits per heavy atom. The van der Waals surface area contributed by atoms with Gasteiger partial charge in [0, 0.05) is 11.7 Å². The Balaban J connectivity index is 1.52. The van der Waals surface area contributed by atoms with Gasteiger partial charge in [-0.3, -0.25) is 9.69 Å². The number of fused-ring (bicyclic) bond motifs is 1. The maximum absolute atomic E-state index is 13.0. The molecule has 2 aliphatic heterocycles. The number of carbonyl (C=O) groups is 1. The molecule has 2 aliphatic rings. The molecule has 2 heterocycles. The van der Waals surface area contributed by atoms with Crippen LogP contribution < -0.4 is 4.90 Å². The number of sulfone groups is 1. The standard InChI is InChI=1S/C22H26N2O3S/c1-17-9-11-19(12-10-17)24-21-16-28(26,27)15-20(21)23(14-22(24)25)13-5-8-18-6-3-2-4-7-18/h2-4,6-7,9-12,20-21H,5,8,13-16H2,1H3/t20-,21+/m0/s1. The largest absolute Gasteiger partial charge is 0.306 e. The van der Waals surface area contributed by atoms with Crippen molar-refractivity contribution in [2.24, 2.45) is 0 Å². The first kappa shape index (κ1) is 19.2. The molecule has 0 aliphatic carbocycles. The molecular formula is C22H26N2O3S. The minimum atomic E-state index is -3.15. The molecule has 2 saturated heterocycles. The van der Waals surface area contributed by atoms with Crippen LogP contribution in [0.15, 0.2) is 54.6 Å². The zero-order valence-electron chi connectivity index (χ0n) is 16.1. The smallest absolute Gasteiger partial charge is 0.241 e. The Bertz CT molecular complexity index is 942. The summed E-state index contributed by atoms with van der Waals surface area (Å²) in [5.74, 6) is 0.174. The van der Waals surface area contributed by atoms with Crippen LogP contribution in [-0.4, -0.2) is 55.9 Å². The van der Waals surface area contributed by atoms with Gasteiger partial charge in [0.15, 0.2) is 9.84 Å². The number of rotatable bonds is 5. The van der Waals surface area contributed by atoms with Crippen molar-refractivity contribution in [3.63, 3.8) is 0 Å². The molecule has 0 radical (unpaired) electrons. The van der Waals surface area contributed by atoms with Gasteiger partial charge in [0.25, 0.3) is 0 Å². The quantitative estimate of drug-likeness (QED) is 0.776. The van der Waals surface area contributed by atoms with Gasteiger partial charge in [0.1, 0.15) is 0 Å². The highest BCUT2D eigenvalue weighted by Gasteiger charge is 2.49. The number of amides is 1. The fourth-order valence-corrected chi connectivity index (χ4v) is 6.36. The van der Waals surface area contributed by atoms with Crippen molar-refractivity contribution in [2.45, 2.75) is 31.8 Å².